The number of aromatic nitrogens is 1. The predicted molar refractivity (Wildman–Crippen MR) is 145 cm³/mol. The standard InChI is InChI=1S/C25H29F3N4O4S.C2HF3O2/c26-25(27,28)10-13-36-22-3-1-2-21(30-22)31-23(33)19-5-4-17(37(34,35)18-15-29-16-18)14-20(19)32-11-8-24(6-7-24)9-12-32;3-2(4,5)1(6)7/h1-5,14,18,29H,6-13,15-16H2,(H,30,31,33);(H,6,7). The van der Waals surface area contributed by atoms with Gasteiger partial charge in [-0.1, -0.05) is 6.07 Å². The van der Waals surface area contributed by atoms with E-state index in [1.165, 1.54) is 43.2 Å². The maximum absolute atomic E-state index is 13.3. The topological polar surface area (TPSA) is 138 Å². The third-order valence-corrected chi connectivity index (χ3v) is 9.81. The van der Waals surface area contributed by atoms with Crippen molar-refractivity contribution >= 4 is 33.2 Å². The smallest absolute Gasteiger partial charge is 0.477 e. The Hall–Kier alpha value is -3.60. The van der Waals surface area contributed by atoms with Gasteiger partial charge in [-0.3, -0.25) is 4.79 Å². The summed E-state index contributed by atoms with van der Waals surface area (Å²) in [4.78, 5) is 28.6. The summed E-state index contributed by atoms with van der Waals surface area (Å²) in [7, 11) is -3.53. The van der Waals surface area contributed by atoms with Gasteiger partial charge in [-0.05, 0) is 55.4 Å². The van der Waals surface area contributed by atoms with Gasteiger partial charge in [-0.25, -0.2) is 13.2 Å². The van der Waals surface area contributed by atoms with Crippen molar-refractivity contribution in [3.63, 3.8) is 0 Å². The molecule has 3 aliphatic rings. The number of hydrogen-bond acceptors (Lipinski definition) is 8. The largest absolute Gasteiger partial charge is 0.490 e. The van der Waals surface area contributed by atoms with Crippen LogP contribution in [-0.2, 0) is 14.6 Å². The van der Waals surface area contributed by atoms with Crippen molar-refractivity contribution in [1.82, 2.24) is 10.3 Å². The van der Waals surface area contributed by atoms with Crippen molar-refractivity contribution in [2.24, 2.45) is 5.41 Å². The monoisotopic (exact) mass is 652 g/mol. The zero-order valence-electron chi connectivity index (χ0n) is 23.2. The summed E-state index contributed by atoms with van der Waals surface area (Å²) in [6, 6.07) is 9.02. The lowest BCUT2D eigenvalue weighted by molar-refractivity contribution is -0.192. The van der Waals surface area contributed by atoms with E-state index >= 15 is 0 Å². The van der Waals surface area contributed by atoms with Crippen LogP contribution in [0, 0.1) is 5.41 Å². The van der Waals surface area contributed by atoms with Crippen molar-refractivity contribution < 1.29 is 54.2 Å². The molecule has 10 nitrogen and oxygen atoms in total. The maximum atomic E-state index is 13.3. The number of carboxylic acids is 1. The molecule has 1 spiro atoms. The third kappa shape index (κ3) is 8.52. The Bertz CT molecular complexity index is 1470. The highest BCUT2D eigenvalue weighted by molar-refractivity contribution is 7.92. The van der Waals surface area contributed by atoms with Gasteiger partial charge in [0.25, 0.3) is 5.91 Å². The first-order chi connectivity index (χ1) is 20.5. The fraction of sp³-hybridized carbons (Fsp3) is 0.519. The Morgan fingerprint density at radius 3 is 2.20 bits per heavy atom. The highest BCUT2D eigenvalue weighted by Crippen LogP contribution is 2.54. The second-order valence-electron chi connectivity index (χ2n) is 10.8. The molecular weight excluding hydrogens is 622 g/mol. The van der Waals surface area contributed by atoms with E-state index in [-0.39, 0.29) is 16.6 Å². The minimum atomic E-state index is -5.08. The number of ether oxygens (including phenoxy) is 1. The number of carboxylic acid groups (broad SMARTS) is 1. The molecule has 3 N–H and O–H groups in total. The number of anilines is 2. The summed E-state index contributed by atoms with van der Waals surface area (Å²) in [5, 5.41) is 12.3. The Balaban J connectivity index is 0.000000566. The van der Waals surface area contributed by atoms with E-state index in [2.05, 4.69) is 20.5 Å². The average Bonchev–Trinajstić information content (AvgIpc) is 3.65. The molecule has 0 unspecified atom stereocenters. The van der Waals surface area contributed by atoms with Crippen LogP contribution in [0.3, 0.4) is 0 Å². The van der Waals surface area contributed by atoms with E-state index in [0.29, 0.717) is 29.8 Å². The van der Waals surface area contributed by atoms with Crippen LogP contribution in [-0.4, -0.2) is 80.8 Å². The molecule has 0 atom stereocenters. The van der Waals surface area contributed by atoms with Crippen LogP contribution in [0.15, 0.2) is 41.3 Å². The number of nitrogens with one attached hydrogen (secondary N) is 2. The van der Waals surface area contributed by atoms with Crippen molar-refractivity contribution in [2.45, 2.75) is 54.6 Å². The summed E-state index contributed by atoms with van der Waals surface area (Å²) < 4.78 is 100. The van der Waals surface area contributed by atoms with Gasteiger partial charge in [0.15, 0.2) is 9.84 Å². The molecule has 3 fully saturated rings. The van der Waals surface area contributed by atoms with Crippen LogP contribution in [0.25, 0.3) is 0 Å². The van der Waals surface area contributed by atoms with Crippen molar-refractivity contribution in [3.05, 3.63) is 42.0 Å². The first kappa shape index (κ1) is 33.3. The van der Waals surface area contributed by atoms with E-state index in [4.69, 9.17) is 14.6 Å². The molecule has 2 saturated heterocycles. The molecule has 3 heterocycles. The predicted octanol–water partition coefficient (Wildman–Crippen LogP) is 4.42. The second-order valence-corrected chi connectivity index (χ2v) is 13.1. The number of aliphatic carboxylic acids is 1. The number of nitrogens with zero attached hydrogens (tertiary/aromatic N) is 2. The quantitative estimate of drug-likeness (QED) is 0.354. The fourth-order valence-electron chi connectivity index (χ4n) is 4.73. The van der Waals surface area contributed by atoms with Crippen molar-refractivity contribution in [2.75, 3.05) is 43.0 Å². The molecule has 242 valence electrons. The van der Waals surface area contributed by atoms with Gasteiger partial charge in [-0.15, -0.1) is 0 Å². The minimum absolute atomic E-state index is 0.0383. The molecular formula is C27H30F6N4O6S. The molecule has 1 aromatic heterocycles. The molecule has 0 bridgehead atoms. The number of carbonyl (C=O) groups is 2. The summed E-state index contributed by atoms with van der Waals surface area (Å²) in [6.45, 7) is 1.68. The molecule has 1 aliphatic carbocycles. The van der Waals surface area contributed by atoms with Gasteiger partial charge in [-0.2, -0.15) is 31.3 Å². The zero-order valence-corrected chi connectivity index (χ0v) is 24.0. The van der Waals surface area contributed by atoms with Crippen LogP contribution in [0.1, 0.15) is 42.5 Å². The van der Waals surface area contributed by atoms with E-state index in [9.17, 15) is 39.6 Å². The van der Waals surface area contributed by atoms with Crippen LogP contribution < -0.4 is 20.3 Å². The SMILES string of the molecule is O=C(Nc1cccc(OCCC(F)(F)F)n1)c1ccc(S(=O)(=O)C2CNC2)cc1N1CCC2(CC1)CC2.O=C(O)C(F)(F)F. The maximum Gasteiger partial charge on any atom is 0.490 e. The first-order valence-electron chi connectivity index (χ1n) is 13.6. The summed E-state index contributed by atoms with van der Waals surface area (Å²) >= 11 is 0. The van der Waals surface area contributed by atoms with Gasteiger partial charge in [0, 0.05) is 32.2 Å². The molecule has 44 heavy (non-hydrogen) atoms. The first-order valence-corrected chi connectivity index (χ1v) is 15.2. The molecule has 2 aliphatic heterocycles. The molecule has 0 radical (unpaired) electrons. The van der Waals surface area contributed by atoms with Crippen LogP contribution in [0.2, 0.25) is 0 Å². The zero-order chi connectivity index (χ0) is 32.3. The Morgan fingerprint density at radius 1 is 1.05 bits per heavy atom. The van der Waals surface area contributed by atoms with E-state index in [0.717, 1.165) is 25.9 Å². The van der Waals surface area contributed by atoms with Gasteiger partial charge < -0.3 is 25.4 Å². The van der Waals surface area contributed by atoms with E-state index in [1.807, 2.05) is 0 Å². The van der Waals surface area contributed by atoms with Gasteiger partial charge >= 0.3 is 18.3 Å². The molecule has 1 amide bonds. The number of sulfone groups is 1. The number of piperidine rings is 1. The number of amides is 1. The molecule has 2 aromatic rings. The van der Waals surface area contributed by atoms with Gasteiger partial charge in [0.1, 0.15) is 5.82 Å². The number of pyridine rings is 1. The highest BCUT2D eigenvalue weighted by Gasteiger charge is 2.45. The fourth-order valence-corrected chi connectivity index (χ4v) is 6.33. The van der Waals surface area contributed by atoms with Gasteiger partial charge in [0.2, 0.25) is 5.88 Å². The highest BCUT2D eigenvalue weighted by atomic mass is 32.2. The Morgan fingerprint density at radius 2 is 1.68 bits per heavy atom. The molecule has 17 heteroatoms. The number of carbonyl (C=O) groups excluding carboxylic acids is 1. The molecule has 1 aromatic carbocycles. The lowest BCUT2D eigenvalue weighted by Crippen LogP contribution is -2.51. The number of rotatable bonds is 8. The van der Waals surface area contributed by atoms with Crippen molar-refractivity contribution in [1.29, 1.82) is 0 Å². The molecule has 1 saturated carbocycles. The van der Waals surface area contributed by atoms with Crippen molar-refractivity contribution in [3.8, 4) is 5.88 Å². The summed E-state index contributed by atoms with van der Waals surface area (Å²) in [5.74, 6) is -3.17. The average molecular weight is 653 g/mol. The van der Waals surface area contributed by atoms with E-state index in [1.54, 1.807) is 6.07 Å². The number of hydrogen-bond donors (Lipinski definition) is 3. The number of benzene rings is 1. The van der Waals surface area contributed by atoms with E-state index < -0.39 is 52.3 Å². The Labute approximate surface area is 248 Å². The number of alkyl halides is 6. The second kappa shape index (κ2) is 12.8. The Kier molecular flexibility index (Phi) is 9.68. The lowest BCUT2D eigenvalue weighted by Gasteiger charge is -2.35. The normalized spacial score (nSPS) is 18.1. The van der Waals surface area contributed by atoms with Crippen LogP contribution >= 0.6 is 0 Å². The van der Waals surface area contributed by atoms with Gasteiger partial charge in [0.05, 0.1) is 34.4 Å². The molecule has 5 rings (SSSR count). The third-order valence-electron chi connectivity index (χ3n) is 7.69. The lowest BCUT2D eigenvalue weighted by atomic mass is 9.93. The van der Waals surface area contributed by atoms with Crippen LogP contribution in [0.4, 0.5) is 37.8 Å². The summed E-state index contributed by atoms with van der Waals surface area (Å²) in [6.07, 6.45) is -6.12. The minimum Gasteiger partial charge on any atom is -0.477 e. The summed E-state index contributed by atoms with van der Waals surface area (Å²) in [5.41, 5.74) is 1.26. The number of halogens is 6. The van der Waals surface area contributed by atoms with Crippen LogP contribution in [0.5, 0.6) is 5.88 Å².